The summed E-state index contributed by atoms with van der Waals surface area (Å²) in [6, 6.07) is 9.66. The number of hydrogen-bond donors (Lipinski definition) is 1. The number of aryl methyl sites for hydroxylation is 1. The number of aliphatic hydroxyl groups is 1. The topological polar surface area (TPSA) is 82.2 Å². The van der Waals surface area contributed by atoms with E-state index in [1.807, 2.05) is 34.9 Å². The van der Waals surface area contributed by atoms with E-state index in [0.717, 1.165) is 5.56 Å². The lowest BCUT2D eigenvalue weighted by Crippen LogP contribution is -2.25. The van der Waals surface area contributed by atoms with Crippen molar-refractivity contribution in [3.8, 4) is 17.3 Å². The van der Waals surface area contributed by atoms with Crippen LogP contribution in [-0.4, -0.2) is 24.4 Å². The molecule has 2 aromatic heterocycles. The molecule has 3 heterocycles. The van der Waals surface area contributed by atoms with Gasteiger partial charge in [0, 0.05) is 6.54 Å². The van der Waals surface area contributed by atoms with Gasteiger partial charge in [0.1, 0.15) is 12.3 Å². The smallest absolute Gasteiger partial charge is 0.242 e. The Hall–Kier alpha value is -2.93. The van der Waals surface area contributed by atoms with Crippen LogP contribution in [0.15, 0.2) is 47.5 Å². The van der Waals surface area contributed by atoms with Gasteiger partial charge in [-0.3, -0.25) is 9.48 Å². The van der Waals surface area contributed by atoms with Gasteiger partial charge < -0.3 is 14.4 Å². The Kier molecular flexibility index (Phi) is 3.62. The summed E-state index contributed by atoms with van der Waals surface area (Å²) in [6.45, 7) is 1.43. The van der Waals surface area contributed by atoms with Crippen LogP contribution < -0.4 is 10.2 Å². The van der Waals surface area contributed by atoms with Gasteiger partial charge in [0.05, 0.1) is 31.2 Å². The fourth-order valence-corrected chi connectivity index (χ4v) is 2.90. The predicted molar refractivity (Wildman–Crippen MR) is 86.4 cm³/mol. The Balaban J connectivity index is 1.77. The van der Waals surface area contributed by atoms with Crippen molar-refractivity contribution < 1.29 is 9.84 Å². The van der Waals surface area contributed by atoms with Crippen LogP contribution in [0.25, 0.3) is 11.5 Å². The minimum atomic E-state index is -0.279. The molecule has 0 atom stereocenters. The van der Waals surface area contributed by atoms with E-state index < -0.39 is 0 Å². The van der Waals surface area contributed by atoms with Crippen LogP contribution in [0, 0.1) is 0 Å². The molecule has 4 rings (SSSR count). The normalized spacial score (nSPS) is 12.5. The van der Waals surface area contributed by atoms with Gasteiger partial charge in [0.2, 0.25) is 5.43 Å². The summed E-state index contributed by atoms with van der Waals surface area (Å²) >= 11 is 0. The van der Waals surface area contributed by atoms with E-state index in [1.165, 1.54) is 6.20 Å². The molecule has 0 amide bonds. The number of imidazole rings is 1. The highest BCUT2D eigenvalue weighted by Crippen LogP contribution is 2.30. The van der Waals surface area contributed by atoms with Crippen LogP contribution in [0.1, 0.15) is 11.3 Å². The van der Waals surface area contributed by atoms with Crippen molar-refractivity contribution in [1.82, 2.24) is 19.3 Å². The van der Waals surface area contributed by atoms with E-state index in [-0.39, 0.29) is 17.8 Å². The number of rotatable bonds is 4. The van der Waals surface area contributed by atoms with E-state index in [4.69, 9.17) is 4.74 Å². The zero-order chi connectivity index (χ0) is 16.5. The average Bonchev–Trinajstić information content (AvgIpc) is 3.05. The van der Waals surface area contributed by atoms with Crippen LogP contribution in [0.3, 0.4) is 0 Å². The van der Waals surface area contributed by atoms with Crippen molar-refractivity contribution in [2.75, 3.05) is 0 Å². The third-order valence-electron chi connectivity index (χ3n) is 4.08. The molecule has 0 spiro atoms. The zero-order valence-electron chi connectivity index (χ0n) is 12.9. The number of benzene rings is 1. The first kappa shape index (κ1) is 14.6. The zero-order valence-corrected chi connectivity index (χ0v) is 12.9. The molecule has 3 aromatic rings. The molecule has 7 heteroatoms. The van der Waals surface area contributed by atoms with Crippen molar-refractivity contribution in [2.45, 2.75) is 26.3 Å². The number of aromatic nitrogens is 4. The molecular formula is C17H16N4O3. The maximum atomic E-state index is 12.3. The number of ether oxygens (including phenoxy) is 1. The summed E-state index contributed by atoms with van der Waals surface area (Å²) in [5.74, 6) is 0.837. The van der Waals surface area contributed by atoms with Crippen LogP contribution in [0.5, 0.6) is 5.75 Å². The van der Waals surface area contributed by atoms with Crippen molar-refractivity contribution in [2.24, 2.45) is 0 Å². The second-order valence-corrected chi connectivity index (χ2v) is 5.57. The lowest BCUT2D eigenvalue weighted by atomic mass is 10.2. The van der Waals surface area contributed by atoms with Gasteiger partial charge >= 0.3 is 0 Å². The minimum Gasteiger partial charge on any atom is -0.483 e. The van der Waals surface area contributed by atoms with Crippen LogP contribution in [-0.2, 0) is 26.3 Å². The van der Waals surface area contributed by atoms with Crippen LogP contribution in [0.4, 0.5) is 0 Å². The summed E-state index contributed by atoms with van der Waals surface area (Å²) in [5, 5.41) is 13.6. The Labute approximate surface area is 137 Å². The maximum Gasteiger partial charge on any atom is 0.242 e. The lowest BCUT2D eigenvalue weighted by molar-refractivity contribution is 0.267. The SMILES string of the molecule is O=c1cnn2c(c1OCc1ccccc1)-c1ncc(CO)n1CC2. The van der Waals surface area contributed by atoms with Crippen LogP contribution in [0.2, 0.25) is 0 Å². The third-order valence-corrected chi connectivity index (χ3v) is 4.08. The monoisotopic (exact) mass is 324 g/mol. The Morgan fingerprint density at radius 3 is 2.79 bits per heavy atom. The van der Waals surface area contributed by atoms with E-state index in [1.54, 1.807) is 10.9 Å². The Morgan fingerprint density at radius 1 is 1.17 bits per heavy atom. The van der Waals surface area contributed by atoms with Gasteiger partial charge in [0.25, 0.3) is 0 Å². The van der Waals surface area contributed by atoms with Gasteiger partial charge in [-0.05, 0) is 5.56 Å². The maximum absolute atomic E-state index is 12.3. The molecular weight excluding hydrogens is 308 g/mol. The number of nitrogens with zero attached hydrogens (tertiary/aromatic N) is 4. The molecule has 1 aliphatic rings. The molecule has 0 fully saturated rings. The number of fused-ring (bicyclic) bond motifs is 3. The molecule has 0 saturated heterocycles. The van der Waals surface area contributed by atoms with Crippen molar-refractivity contribution in [1.29, 1.82) is 0 Å². The highest BCUT2D eigenvalue weighted by atomic mass is 16.5. The van der Waals surface area contributed by atoms with E-state index in [9.17, 15) is 9.90 Å². The molecule has 7 nitrogen and oxygen atoms in total. The molecule has 1 aliphatic heterocycles. The highest BCUT2D eigenvalue weighted by Gasteiger charge is 2.25. The first-order valence-corrected chi connectivity index (χ1v) is 7.70. The second kappa shape index (κ2) is 5.93. The van der Waals surface area contributed by atoms with E-state index in [0.29, 0.717) is 36.9 Å². The molecule has 1 aromatic carbocycles. The molecule has 0 saturated carbocycles. The quantitative estimate of drug-likeness (QED) is 0.779. The molecule has 1 N–H and O–H groups in total. The van der Waals surface area contributed by atoms with E-state index >= 15 is 0 Å². The summed E-state index contributed by atoms with van der Waals surface area (Å²) < 4.78 is 9.45. The minimum absolute atomic E-state index is 0.0995. The third kappa shape index (κ3) is 2.39. The fraction of sp³-hybridized carbons (Fsp3) is 0.235. The van der Waals surface area contributed by atoms with Gasteiger partial charge in [0.15, 0.2) is 11.6 Å². The first-order chi connectivity index (χ1) is 11.8. The summed E-state index contributed by atoms with van der Waals surface area (Å²) in [7, 11) is 0. The largest absolute Gasteiger partial charge is 0.483 e. The summed E-state index contributed by atoms with van der Waals surface area (Å²) in [5.41, 5.74) is 1.97. The molecule has 0 unspecified atom stereocenters. The Morgan fingerprint density at radius 2 is 2.00 bits per heavy atom. The molecule has 0 aliphatic carbocycles. The standard InChI is InChI=1S/C17H16N4O3/c22-10-13-8-18-17-15-16(24-11-12-4-2-1-3-5-12)14(23)9-19-21(15)7-6-20(13)17/h1-5,8-9,22H,6-7,10-11H2. The van der Waals surface area contributed by atoms with Crippen LogP contribution >= 0.6 is 0 Å². The molecule has 24 heavy (non-hydrogen) atoms. The highest BCUT2D eigenvalue weighted by molar-refractivity contribution is 5.60. The second-order valence-electron chi connectivity index (χ2n) is 5.57. The van der Waals surface area contributed by atoms with Crippen molar-refractivity contribution in [3.63, 3.8) is 0 Å². The molecule has 0 bridgehead atoms. The summed E-state index contributed by atoms with van der Waals surface area (Å²) in [6.07, 6.45) is 2.89. The molecule has 122 valence electrons. The van der Waals surface area contributed by atoms with Gasteiger partial charge in [-0.25, -0.2) is 4.98 Å². The first-order valence-electron chi connectivity index (χ1n) is 7.70. The number of hydrogen-bond acceptors (Lipinski definition) is 5. The Bertz CT molecular complexity index is 931. The van der Waals surface area contributed by atoms with Crippen molar-refractivity contribution >= 4 is 0 Å². The van der Waals surface area contributed by atoms with Gasteiger partial charge in [-0.15, -0.1) is 0 Å². The van der Waals surface area contributed by atoms with Gasteiger partial charge in [-0.2, -0.15) is 5.10 Å². The lowest BCUT2D eigenvalue weighted by Gasteiger charge is -2.22. The predicted octanol–water partition coefficient (Wildman–Crippen LogP) is 1.19. The fourth-order valence-electron chi connectivity index (χ4n) is 2.90. The average molecular weight is 324 g/mol. The molecule has 0 radical (unpaired) electrons. The van der Waals surface area contributed by atoms with Crippen molar-refractivity contribution in [3.05, 3.63) is 64.2 Å². The summed E-state index contributed by atoms with van der Waals surface area (Å²) in [4.78, 5) is 16.7. The van der Waals surface area contributed by atoms with E-state index in [2.05, 4.69) is 10.1 Å². The number of aliphatic hydroxyl groups excluding tert-OH is 1. The van der Waals surface area contributed by atoms with Gasteiger partial charge in [-0.1, -0.05) is 30.3 Å².